The number of hydrogen-bond donors (Lipinski definition) is 0. The first-order valence-corrected chi connectivity index (χ1v) is 10.0. The molecule has 1 atom stereocenters. The second-order valence-electron chi connectivity index (χ2n) is 7.65. The molecule has 0 bridgehead atoms. The van der Waals surface area contributed by atoms with Crippen LogP contribution in [0.3, 0.4) is 0 Å². The highest BCUT2D eigenvalue weighted by atomic mass is 32.1. The van der Waals surface area contributed by atoms with Crippen molar-refractivity contribution in [3.05, 3.63) is 52.0 Å². The molecule has 6 heteroatoms. The van der Waals surface area contributed by atoms with Crippen molar-refractivity contribution < 1.29 is 9.53 Å². The van der Waals surface area contributed by atoms with E-state index in [9.17, 15) is 4.79 Å². The fourth-order valence-corrected chi connectivity index (χ4v) is 4.73. The van der Waals surface area contributed by atoms with E-state index in [0.29, 0.717) is 19.6 Å². The van der Waals surface area contributed by atoms with Gasteiger partial charge in [-0.05, 0) is 12.5 Å². The van der Waals surface area contributed by atoms with Crippen LogP contribution in [0.25, 0.3) is 0 Å². The SMILES string of the molecule is Cc1cccc(CN2CCOCC3(CC(=O)N(Cc4cncs4)C3)C2)c1. The van der Waals surface area contributed by atoms with Crippen LogP contribution in [0.1, 0.15) is 22.4 Å². The predicted octanol–water partition coefficient (Wildman–Crippen LogP) is 2.70. The fraction of sp³-hybridized carbons (Fsp3) is 0.500. The van der Waals surface area contributed by atoms with Gasteiger partial charge in [-0.25, -0.2) is 0 Å². The lowest BCUT2D eigenvalue weighted by atomic mass is 9.87. The van der Waals surface area contributed by atoms with Crippen molar-refractivity contribution in [1.29, 1.82) is 0 Å². The van der Waals surface area contributed by atoms with E-state index in [1.165, 1.54) is 11.1 Å². The lowest BCUT2D eigenvalue weighted by molar-refractivity contribution is -0.128. The molecule has 0 N–H and O–H groups in total. The van der Waals surface area contributed by atoms with Crippen molar-refractivity contribution in [3.63, 3.8) is 0 Å². The van der Waals surface area contributed by atoms with Gasteiger partial charge in [-0.1, -0.05) is 29.8 Å². The number of ether oxygens (including phenoxy) is 1. The molecule has 2 aliphatic heterocycles. The third-order valence-electron chi connectivity index (χ3n) is 5.24. The molecule has 1 amide bonds. The predicted molar refractivity (Wildman–Crippen MR) is 102 cm³/mol. The molecule has 2 aliphatic rings. The first kappa shape index (κ1) is 17.6. The molecule has 1 spiro atoms. The average Bonchev–Trinajstić information content (AvgIpc) is 3.15. The molecule has 1 aromatic heterocycles. The van der Waals surface area contributed by atoms with Gasteiger partial charge in [0.1, 0.15) is 0 Å². The molecule has 0 aliphatic carbocycles. The number of thiazole rings is 1. The van der Waals surface area contributed by atoms with E-state index in [4.69, 9.17) is 4.74 Å². The van der Waals surface area contributed by atoms with Crippen LogP contribution in [0.15, 0.2) is 36.0 Å². The van der Waals surface area contributed by atoms with Crippen molar-refractivity contribution in [2.45, 2.75) is 26.4 Å². The summed E-state index contributed by atoms with van der Waals surface area (Å²) in [6.45, 7) is 7.71. The van der Waals surface area contributed by atoms with Gasteiger partial charge >= 0.3 is 0 Å². The first-order valence-electron chi connectivity index (χ1n) is 9.13. The Morgan fingerprint density at radius 1 is 1.31 bits per heavy atom. The zero-order valence-electron chi connectivity index (χ0n) is 15.2. The summed E-state index contributed by atoms with van der Waals surface area (Å²) in [7, 11) is 0. The van der Waals surface area contributed by atoms with E-state index in [2.05, 4.69) is 41.1 Å². The van der Waals surface area contributed by atoms with E-state index in [-0.39, 0.29) is 11.3 Å². The molecule has 2 aromatic rings. The summed E-state index contributed by atoms with van der Waals surface area (Å²) in [6, 6.07) is 8.67. The first-order chi connectivity index (χ1) is 12.6. The van der Waals surface area contributed by atoms with Crippen LogP contribution in [0.5, 0.6) is 0 Å². The van der Waals surface area contributed by atoms with Gasteiger partial charge in [-0.2, -0.15) is 0 Å². The van der Waals surface area contributed by atoms with Gasteiger partial charge in [0.05, 0.1) is 25.3 Å². The molecule has 26 heavy (non-hydrogen) atoms. The number of rotatable bonds is 4. The Bertz CT molecular complexity index is 764. The van der Waals surface area contributed by atoms with Gasteiger partial charge in [0.2, 0.25) is 5.91 Å². The minimum atomic E-state index is -0.0951. The number of amides is 1. The maximum absolute atomic E-state index is 12.6. The van der Waals surface area contributed by atoms with E-state index in [1.54, 1.807) is 11.3 Å². The Kier molecular flexibility index (Phi) is 5.07. The smallest absolute Gasteiger partial charge is 0.223 e. The molecular formula is C20H25N3O2S. The summed E-state index contributed by atoms with van der Waals surface area (Å²) >= 11 is 1.61. The molecule has 3 heterocycles. The Labute approximate surface area is 158 Å². The highest BCUT2D eigenvalue weighted by molar-refractivity contribution is 7.09. The highest BCUT2D eigenvalue weighted by Crippen LogP contribution is 2.35. The third-order valence-corrected chi connectivity index (χ3v) is 6.01. The van der Waals surface area contributed by atoms with E-state index in [1.807, 2.05) is 16.6 Å². The number of aromatic nitrogens is 1. The van der Waals surface area contributed by atoms with Crippen molar-refractivity contribution in [1.82, 2.24) is 14.8 Å². The van der Waals surface area contributed by atoms with Crippen LogP contribution in [0.2, 0.25) is 0 Å². The molecule has 138 valence electrons. The van der Waals surface area contributed by atoms with Crippen LogP contribution in [0.4, 0.5) is 0 Å². The Morgan fingerprint density at radius 3 is 3.04 bits per heavy atom. The number of aryl methyl sites for hydroxylation is 1. The molecular weight excluding hydrogens is 346 g/mol. The Morgan fingerprint density at radius 2 is 2.23 bits per heavy atom. The van der Waals surface area contributed by atoms with E-state index >= 15 is 0 Å². The van der Waals surface area contributed by atoms with Gasteiger partial charge in [0, 0.05) is 49.1 Å². The van der Waals surface area contributed by atoms with Crippen molar-refractivity contribution in [3.8, 4) is 0 Å². The standard InChI is InChI=1S/C20H25N3O2S/c1-16-3-2-4-17(7-16)10-22-5-6-25-14-20(12-22)8-19(24)23(13-20)11-18-9-21-15-26-18/h2-4,7,9,15H,5-6,8,10-14H2,1H3. The van der Waals surface area contributed by atoms with Crippen LogP contribution >= 0.6 is 11.3 Å². The van der Waals surface area contributed by atoms with Gasteiger partial charge in [0.15, 0.2) is 0 Å². The van der Waals surface area contributed by atoms with Crippen LogP contribution in [-0.4, -0.2) is 53.5 Å². The molecule has 0 radical (unpaired) electrons. The number of benzene rings is 1. The summed E-state index contributed by atoms with van der Waals surface area (Å²) in [6.07, 6.45) is 2.44. The lowest BCUT2D eigenvalue weighted by Crippen LogP contribution is -2.40. The Hall–Kier alpha value is -1.76. The monoisotopic (exact) mass is 371 g/mol. The quantitative estimate of drug-likeness (QED) is 0.829. The third kappa shape index (κ3) is 3.98. The molecule has 1 unspecified atom stereocenters. The molecule has 5 nitrogen and oxygen atoms in total. The molecule has 4 rings (SSSR count). The van der Waals surface area contributed by atoms with Crippen molar-refractivity contribution in [2.75, 3.05) is 32.8 Å². The highest BCUT2D eigenvalue weighted by Gasteiger charge is 2.45. The fourth-order valence-electron chi connectivity index (χ4n) is 4.12. The van der Waals surface area contributed by atoms with Crippen LogP contribution in [0, 0.1) is 12.3 Å². The maximum Gasteiger partial charge on any atom is 0.223 e. The normalized spacial score (nSPS) is 24.3. The molecule has 1 aromatic carbocycles. The van der Waals surface area contributed by atoms with Gasteiger partial charge in [-0.15, -0.1) is 11.3 Å². The zero-order valence-corrected chi connectivity index (χ0v) is 16.0. The van der Waals surface area contributed by atoms with Gasteiger partial charge in [-0.3, -0.25) is 14.7 Å². The van der Waals surface area contributed by atoms with Gasteiger partial charge < -0.3 is 9.64 Å². The largest absolute Gasteiger partial charge is 0.379 e. The van der Waals surface area contributed by atoms with Crippen molar-refractivity contribution in [2.24, 2.45) is 5.41 Å². The second kappa shape index (κ2) is 7.47. The topological polar surface area (TPSA) is 45.7 Å². The summed E-state index contributed by atoms with van der Waals surface area (Å²) in [5.74, 6) is 0.236. The summed E-state index contributed by atoms with van der Waals surface area (Å²) in [4.78, 5) is 22.3. The minimum Gasteiger partial charge on any atom is -0.379 e. The number of nitrogens with zero attached hydrogens (tertiary/aromatic N) is 3. The molecule has 0 saturated carbocycles. The average molecular weight is 372 g/mol. The van der Waals surface area contributed by atoms with E-state index in [0.717, 1.165) is 37.7 Å². The lowest BCUT2D eigenvalue weighted by Gasteiger charge is -2.31. The number of likely N-dealkylation sites (tertiary alicyclic amines) is 1. The summed E-state index contributed by atoms with van der Waals surface area (Å²) < 4.78 is 5.93. The van der Waals surface area contributed by atoms with Crippen molar-refractivity contribution >= 4 is 17.2 Å². The zero-order chi connectivity index (χ0) is 18.0. The number of carbonyl (C=O) groups is 1. The molecule has 2 fully saturated rings. The van der Waals surface area contributed by atoms with Crippen LogP contribution < -0.4 is 0 Å². The molecule has 2 saturated heterocycles. The van der Waals surface area contributed by atoms with E-state index < -0.39 is 0 Å². The minimum absolute atomic E-state index is 0.0951. The van der Waals surface area contributed by atoms with Gasteiger partial charge in [0.25, 0.3) is 0 Å². The van der Waals surface area contributed by atoms with Crippen LogP contribution in [-0.2, 0) is 22.6 Å². The second-order valence-corrected chi connectivity index (χ2v) is 8.62. The summed E-state index contributed by atoms with van der Waals surface area (Å²) in [5, 5.41) is 0. The Balaban J connectivity index is 1.46. The number of hydrogen-bond acceptors (Lipinski definition) is 5. The maximum atomic E-state index is 12.6. The number of carbonyl (C=O) groups excluding carboxylic acids is 1. The summed E-state index contributed by atoms with van der Waals surface area (Å²) in [5.41, 5.74) is 4.34.